The molecule has 3 heterocycles. The summed E-state index contributed by atoms with van der Waals surface area (Å²) in [7, 11) is 4.05. The summed E-state index contributed by atoms with van der Waals surface area (Å²) in [4.78, 5) is 11.2. The second kappa shape index (κ2) is 9.92. The molecule has 0 radical (unpaired) electrons. The van der Waals surface area contributed by atoms with Crippen LogP contribution in [0.5, 0.6) is 0 Å². The van der Waals surface area contributed by atoms with Gasteiger partial charge in [0, 0.05) is 37.2 Å². The summed E-state index contributed by atoms with van der Waals surface area (Å²) in [6, 6.07) is 20.0. The third kappa shape index (κ3) is 4.96. The van der Waals surface area contributed by atoms with Gasteiger partial charge < -0.3 is 30.3 Å². The van der Waals surface area contributed by atoms with Crippen LogP contribution in [-0.2, 0) is 9.47 Å². The topological polar surface area (TPSA) is 83.6 Å². The van der Waals surface area contributed by atoms with Gasteiger partial charge in [-0.3, -0.25) is 0 Å². The van der Waals surface area contributed by atoms with Crippen molar-refractivity contribution in [1.82, 2.24) is 15.3 Å². The van der Waals surface area contributed by atoms with E-state index < -0.39 is 0 Å². The second-order valence-electron chi connectivity index (χ2n) is 8.62. The first-order valence-corrected chi connectivity index (χ1v) is 11.7. The number of hydrogen-bond acceptors (Lipinski definition) is 7. The molecule has 9 heteroatoms. The van der Waals surface area contributed by atoms with Crippen LogP contribution in [0, 0.1) is 0 Å². The third-order valence-electron chi connectivity index (χ3n) is 6.05. The van der Waals surface area contributed by atoms with Gasteiger partial charge in [-0.15, -0.1) is 0 Å². The largest absolute Gasteiger partial charge is 0.378 e. The van der Waals surface area contributed by atoms with E-state index in [0.717, 1.165) is 22.6 Å². The molecular formula is C25H28N6O2S. The summed E-state index contributed by atoms with van der Waals surface area (Å²) in [6.45, 7) is 1.03. The van der Waals surface area contributed by atoms with Crippen molar-refractivity contribution in [3.8, 4) is 11.3 Å². The van der Waals surface area contributed by atoms with Gasteiger partial charge in [0.15, 0.2) is 5.11 Å². The molecule has 3 N–H and O–H groups in total. The van der Waals surface area contributed by atoms with Crippen LogP contribution >= 0.6 is 12.2 Å². The van der Waals surface area contributed by atoms with Crippen molar-refractivity contribution >= 4 is 34.7 Å². The van der Waals surface area contributed by atoms with Crippen molar-refractivity contribution < 1.29 is 9.47 Å². The zero-order valence-electron chi connectivity index (χ0n) is 19.1. The Labute approximate surface area is 204 Å². The lowest BCUT2D eigenvalue weighted by atomic mass is 10.1. The average molecular weight is 477 g/mol. The van der Waals surface area contributed by atoms with Gasteiger partial charge in [-0.05, 0) is 42.5 Å². The van der Waals surface area contributed by atoms with Crippen LogP contribution in [0.25, 0.3) is 11.3 Å². The number of aromatic nitrogens is 2. The number of rotatable bonds is 6. The normalized spacial score (nSPS) is 23.2. The quantitative estimate of drug-likeness (QED) is 0.465. The lowest BCUT2D eigenvalue weighted by Crippen LogP contribution is -2.46. The van der Waals surface area contributed by atoms with E-state index >= 15 is 0 Å². The molecule has 2 aliphatic heterocycles. The van der Waals surface area contributed by atoms with Crippen LogP contribution in [0.4, 0.5) is 17.3 Å². The molecule has 34 heavy (non-hydrogen) atoms. The number of thiocarbonyl (C=S) groups is 1. The summed E-state index contributed by atoms with van der Waals surface area (Å²) in [5, 5.41) is 10.5. The van der Waals surface area contributed by atoms with Crippen LogP contribution < -0.4 is 20.9 Å². The predicted molar refractivity (Wildman–Crippen MR) is 138 cm³/mol. The van der Waals surface area contributed by atoms with Crippen LogP contribution in [-0.4, -0.2) is 66.7 Å². The van der Waals surface area contributed by atoms with E-state index in [2.05, 4.69) is 50.1 Å². The van der Waals surface area contributed by atoms with Gasteiger partial charge in [0.1, 0.15) is 12.2 Å². The molecule has 0 unspecified atom stereocenters. The van der Waals surface area contributed by atoms with E-state index in [1.165, 1.54) is 0 Å². The van der Waals surface area contributed by atoms with Gasteiger partial charge in [-0.25, -0.2) is 9.97 Å². The van der Waals surface area contributed by atoms with Crippen molar-refractivity contribution in [2.24, 2.45) is 0 Å². The fourth-order valence-electron chi connectivity index (χ4n) is 4.29. The average Bonchev–Trinajstić information content (AvgIpc) is 3.43. The molecule has 5 rings (SSSR count). The van der Waals surface area contributed by atoms with Crippen molar-refractivity contribution in [1.29, 1.82) is 0 Å². The molecule has 2 saturated heterocycles. The van der Waals surface area contributed by atoms with E-state index in [0.29, 0.717) is 24.3 Å². The zero-order valence-corrected chi connectivity index (χ0v) is 20.0. The Hall–Kier alpha value is -3.27. The van der Waals surface area contributed by atoms with Gasteiger partial charge in [-0.2, -0.15) is 0 Å². The molecule has 2 aliphatic rings. The molecule has 0 spiro atoms. The lowest BCUT2D eigenvalue weighted by molar-refractivity contribution is 0.0689. The van der Waals surface area contributed by atoms with Crippen LogP contribution in [0.3, 0.4) is 0 Å². The summed E-state index contributed by atoms with van der Waals surface area (Å²) >= 11 is 5.48. The highest BCUT2D eigenvalue weighted by atomic mass is 32.1. The highest BCUT2D eigenvalue weighted by Gasteiger charge is 2.48. The second-order valence-corrected chi connectivity index (χ2v) is 9.03. The van der Waals surface area contributed by atoms with Gasteiger partial charge in [0.05, 0.1) is 31.0 Å². The Bertz CT molecular complexity index is 1130. The number of fused-ring (bicyclic) bond motifs is 1. The molecule has 8 nitrogen and oxygen atoms in total. The number of para-hydroxylation sites is 1. The van der Waals surface area contributed by atoms with E-state index in [1.807, 2.05) is 50.5 Å². The Morgan fingerprint density at radius 3 is 2.38 bits per heavy atom. The standard InChI is InChI=1S/C25H28N6O2S/c1-31(2)18-10-8-16(9-11-18)19-12-13-26-24(28-19)29-20-14-32-23-21(15-33-22(20)23)30-25(34)27-17-6-4-3-5-7-17/h3-13,20-23H,14-15H2,1-2H3,(H,26,28,29)(H2,27,30,34)/t20-,21-,22+,23+/m0/s1. The Morgan fingerprint density at radius 2 is 1.65 bits per heavy atom. The van der Waals surface area contributed by atoms with E-state index in [4.69, 9.17) is 26.7 Å². The maximum Gasteiger partial charge on any atom is 0.223 e. The number of anilines is 3. The predicted octanol–water partition coefficient (Wildman–Crippen LogP) is 3.14. The lowest BCUT2D eigenvalue weighted by Gasteiger charge is -2.20. The first-order valence-electron chi connectivity index (χ1n) is 11.3. The van der Waals surface area contributed by atoms with Gasteiger partial charge in [-0.1, -0.05) is 30.3 Å². The Balaban J connectivity index is 1.20. The maximum absolute atomic E-state index is 6.08. The molecule has 2 aromatic carbocycles. The van der Waals surface area contributed by atoms with Crippen molar-refractivity contribution in [2.45, 2.75) is 24.3 Å². The molecule has 0 bridgehead atoms. The summed E-state index contributed by atoms with van der Waals surface area (Å²) in [6.07, 6.45) is 1.56. The summed E-state index contributed by atoms with van der Waals surface area (Å²) in [5.74, 6) is 0.560. The number of hydrogen-bond donors (Lipinski definition) is 3. The molecule has 0 saturated carbocycles. The van der Waals surface area contributed by atoms with Crippen molar-refractivity contribution in [2.75, 3.05) is 42.8 Å². The first kappa shape index (κ1) is 22.5. The number of ether oxygens (including phenoxy) is 2. The summed E-state index contributed by atoms with van der Waals surface area (Å²) in [5.41, 5.74) is 3.99. The highest BCUT2D eigenvalue weighted by molar-refractivity contribution is 7.80. The smallest absolute Gasteiger partial charge is 0.223 e. The molecule has 0 aliphatic carbocycles. The Kier molecular flexibility index (Phi) is 6.57. The fourth-order valence-corrected chi connectivity index (χ4v) is 4.56. The molecule has 0 amide bonds. The van der Waals surface area contributed by atoms with Gasteiger partial charge in [0.25, 0.3) is 0 Å². The number of nitrogens with one attached hydrogen (secondary N) is 3. The molecular weight excluding hydrogens is 448 g/mol. The Morgan fingerprint density at radius 1 is 0.941 bits per heavy atom. The monoisotopic (exact) mass is 476 g/mol. The van der Waals surface area contributed by atoms with Gasteiger partial charge in [0.2, 0.25) is 5.95 Å². The minimum Gasteiger partial charge on any atom is -0.378 e. The number of nitrogens with zero attached hydrogens (tertiary/aromatic N) is 3. The van der Waals surface area contributed by atoms with Crippen LogP contribution in [0.2, 0.25) is 0 Å². The van der Waals surface area contributed by atoms with E-state index in [9.17, 15) is 0 Å². The minimum atomic E-state index is -0.108. The highest BCUT2D eigenvalue weighted by Crippen LogP contribution is 2.29. The number of benzene rings is 2. The maximum atomic E-state index is 6.08. The fraction of sp³-hybridized carbons (Fsp3) is 0.320. The van der Waals surface area contributed by atoms with Crippen molar-refractivity contribution in [3.05, 3.63) is 66.9 Å². The minimum absolute atomic E-state index is 0.0250. The molecule has 176 valence electrons. The van der Waals surface area contributed by atoms with E-state index in [-0.39, 0.29) is 24.3 Å². The molecule has 1 aromatic heterocycles. The van der Waals surface area contributed by atoms with Crippen LogP contribution in [0.15, 0.2) is 66.9 Å². The van der Waals surface area contributed by atoms with Crippen molar-refractivity contribution in [3.63, 3.8) is 0 Å². The van der Waals surface area contributed by atoms with E-state index in [1.54, 1.807) is 6.20 Å². The molecule has 4 atom stereocenters. The van der Waals surface area contributed by atoms with Gasteiger partial charge >= 0.3 is 0 Å². The zero-order chi connectivity index (χ0) is 23.5. The summed E-state index contributed by atoms with van der Waals surface area (Å²) < 4.78 is 12.2. The first-order chi connectivity index (χ1) is 16.6. The van der Waals surface area contributed by atoms with Crippen LogP contribution in [0.1, 0.15) is 0 Å². The molecule has 3 aromatic rings. The third-order valence-corrected chi connectivity index (χ3v) is 6.27. The molecule has 2 fully saturated rings. The SMILES string of the molecule is CN(C)c1ccc(-c2ccnc(N[C@H]3CO[C@H]4[C@@H]3OC[C@@H]4NC(=S)Nc3ccccc3)n2)cc1.